The predicted octanol–water partition coefficient (Wildman–Crippen LogP) is 3.35. The first-order chi connectivity index (χ1) is 12.5. The number of hydrogen-bond acceptors (Lipinski definition) is 3. The van der Waals surface area contributed by atoms with E-state index in [1.165, 1.54) is 0 Å². The molecule has 1 N–H and O–H groups in total. The summed E-state index contributed by atoms with van der Waals surface area (Å²) in [5.74, 6) is 0.423. The van der Waals surface area contributed by atoms with Crippen LogP contribution in [0, 0.1) is 5.92 Å². The average molecular weight is 373 g/mol. The molecular formula is C20H25ClN4O. The van der Waals surface area contributed by atoms with Crippen molar-refractivity contribution >= 4 is 17.5 Å². The Hall–Kier alpha value is -1.85. The smallest absolute Gasteiger partial charge is 0.227 e. The number of nitrogens with zero attached hydrogens (tertiary/aromatic N) is 3. The lowest BCUT2D eigenvalue weighted by atomic mass is 9.99. The van der Waals surface area contributed by atoms with E-state index in [1.54, 1.807) is 0 Å². The van der Waals surface area contributed by atoms with Gasteiger partial charge < -0.3 is 9.80 Å². The molecule has 2 aliphatic rings. The van der Waals surface area contributed by atoms with E-state index in [0.717, 1.165) is 55.0 Å². The van der Waals surface area contributed by atoms with Gasteiger partial charge in [0.05, 0.1) is 11.6 Å². The fourth-order valence-corrected chi connectivity index (χ4v) is 4.17. The van der Waals surface area contributed by atoms with Crippen LogP contribution in [0.2, 0.25) is 5.02 Å². The molecule has 0 radical (unpaired) electrons. The number of aromatic nitrogens is 2. The Morgan fingerprint density at radius 2 is 2.04 bits per heavy atom. The zero-order valence-corrected chi connectivity index (χ0v) is 16.1. The third-order valence-electron chi connectivity index (χ3n) is 5.66. The molecule has 0 saturated carbocycles. The second kappa shape index (κ2) is 7.05. The average Bonchev–Trinajstić information content (AvgIpc) is 3.29. The van der Waals surface area contributed by atoms with Crippen molar-refractivity contribution in [3.8, 4) is 11.3 Å². The number of fused-ring (bicyclic) bond motifs is 1. The minimum atomic E-state index is 0.129. The van der Waals surface area contributed by atoms with Gasteiger partial charge in [-0.1, -0.05) is 23.7 Å². The standard InChI is InChI=1S/C20H25ClN4O/c1-13(2)24-9-7-15(11-24)20(26)25-10-8-18-17(12-25)19(23-22-18)14-3-5-16(21)6-4-14/h3-6,13,15H,7-12H2,1-2H3,(H,22,23)/t15-/m0/s1. The normalized spacial score (nSPS) is 20.6. The molecule has 2 aromatic rings. The molecular weight excluding hydrogens is 348 g/mol. The molecule has 1 saturated heterocycles. The molecule has 1 amide bonds. The van der Waals surface area contributed by atoms with Gasteiger partial charge in [-0.3, -0.25) is 9.89 Å². The van der Waals surface area contributed by atoms with Crippen molar-refractivity contribution in [3.05, 3.63) is 40.5 Å². The number of aromatic amines is 1. The number of likely N-dealkylation sites (tertiary alicyclic amines) is 1. The van der Waals surface area contributed by atoms with Gasteiger partial charge in [0.25, 0.3) is 0 Å². The van der Waals surface area contributed by atoms with Crippen LogP contribution >= 0.6 is 11.6 Å². The molecule has 0 aliphatic carbocycles. The molecule has 0 bridgehead atoms. The van der Waals surface area contributed by atoms with Crippen molar-refractivity contribution in [2.45, 2.75) is 39.3 Å². The quantitative estimate of drug-likeness (QED) is 0.898. The number of nitrogens with one attached hydrogen (secondary N) is 1. The number of benzene rings is 1. The molecule has 138 valence electrons. The van der Waals surface area contributed by atoms with E-state index >= 15 is 0 Å². The van der Waals surface area contributed by atoms with Gasteiger partial charge in [0.15, 0.2) is 0 Å². The van der Waals surface area contributed by atoms with E-state index in [0.29, 0.717) is 23.5 Å². The van der Waals surface area contributed by atoms with Crippen molar-refractivity contribution in [1.82, 2.24) is 20.0 Å². The van der Waals surface area contributed by atoms with Gasteiger partial charge in [0.1, 0.15) is 0 Å². The first kappa shape index (κ1) is 17.6. The molecule has 6 heteroatoms. The lowest BCUT2D eigenvalue weighted by Crippen LogP contribution is -2.41. The van der Waals surface area contributed by atoms with Crippen LogP contribution in [0.5, 0.6) is 0 Å². The molecule has 4 rings (SSSR count). The highest BCUT2D eigenvalue weighted by Gasteiger charge is 2.34. The fraction of sp³-hybridized carbons (Fsp3) is 0.500. The maximum atomic E-state index is 13.0. The van der Waals surface area contributed by atoms with Gasteiger partial charge in [-0.2, -0.15) is 5.10 Å². The summed E-state index contributed by atoms with van der Waals surface area (Å²) < 4.78 is 0. The highest BCUT2D eigenvalue weighted by Crippen LogP contribution is 2.30. The molecule has 1 aromatic heterocycles. The minimum Gasteiger partial charge on any atom is -0.338 e. The molecule has 0 unspecified atom stereocenters. The second-order valence-electron chi connectivity index (χ2n) is 7.62. The summed E-state index contributed by atoms with van der Waals surface area (Å²) in [6.07, 6.45) is 1.80. The van der Waals surface area contributed by atoms with Gasteiger partial charge >= 0.3 is 0 Å². The summed E-state index contributed by atoms with van der Waals surface area (Å²) in [6, 6.07) is 8.23. The van der Waals surface area contributed by atoms with E-state index in [1.807, 2.05) is 29.2 Å². The molecule has 1 aromatic carbocycles. The minimum absolute atomic E-state index is 0.129. The summed E-state index contributed by atoms with van der Waals surface area (Å²) in [5, 5.41) is 8.38. The van der Waals surface area contributed by atoms with Gasteiger partial charge in [-0.25, -0.2) is 0 Å². The van der Waals surface area contributed by atoms with E-state index in [4.69, 9.17) is 11.6 Å². The van der Waals surface area contributed by atoms with Crippen molar-refractivity contribution in [3.63, 3.8) is 0 Å². The van der Waals surface area contributed by atoms with E-state index in [9.17, 15) is 4.79 Å². The van der Waals surface area contributed by atoms with Crippen LogP contribution in [0.3, 0.4) is 0 Å². The number of halogens is 1. The van der Waals surface area contributed by atoms with Gasteiger partial charge in [-0.05, 0) is 38.9 Å². The lowest BCUT2D eigenvalue weighted by molar-refractivity contribution is -0.136. The number of carbonyl (C=O) groups excluding carboxylic acids is 1. The van der Waals surface area contributed by atoms with E-state index < -0.39 is 0 Å². The molecule has 3 heterocycles. The highest BCUT2D eigenvalue weighted by atomic mass is 35.5. The zero-order chi connectivity index (χ0) is 18.3. The van der Waals surface area contributed by atoms with Gasteiger partial charge in [-0.15, -0.1) is 0 Å². The summed E-state index contributed by atoms with van der Waals surface area (Å²) >= 11 is 6.00. The van der Waals surface area contributed by atoms with Crippen molar-refractivity contribution in [1.29, 1.82) is 0 Å². The number of hydrogen-bond donors (Lipinski definition) is 1. The van der Waals surface area contributed by atoms with E-state index in [-0.39, 0.29) is 5.92 Å². The second-order valence-corrected chi connectivity index (χ2v) is 8.06. The van der Waals surface area contributed by atoms with Crippen LogP contribution in [-0.4, -0.2) is 51.6 Å². The summed E-state index contributed by atoms with van der Waals surface area (Å²) in [5.41, 5.74) is 4.26. The maximum Gasteiger partial charge on any atom is 0.227 e. The Labute approximate surface area is 159 Å². The summed E-state index contributed by atoms with van der Waals surface area (Å²) in [7, 11) is 0. The topological polar surface area (TPSA) is 52.2 Å². The number of H-pyrrole nitrogens is 1. The molecule has 2 aliphatic heterocycles. The third kappa shape index (κ3) is 3.26. The van der Waals surface area contributed by atoms with Crippen LogP contribution in [0.25, 0.3) is 11.3 Å². The van der Waals surface area contributed by atoms with Crippen LogP contribution in [0.4, 0.5) is 0 Å². The molecule has 5 nitrogen and oxygen atoms in total. The van der Waals surface area contributed by atoms with Gasteiger partial charge in [0, 0.05) is 53.9 Å². The fourth-order valence-electron chi connectivity index (χ4n) is 4.05. The predicted molar refractivity (Wildman–Crippen MR) is 103 cm³/mol. The van der Waals surface area contributed by atoms with Crippen molar-refractivity contribution < 1.29 is 4.79 Å². The summed E-state index contributed by atoms with van der Waals surface area (Å²) in [4.78, 5) is 17.5. The Kier molecular flexibility index (Phi) is 4.76. The Morgan fingerprint density at radius 3 is 2.73 bits per heavy atom. The van der Waals surface area contributed by atoms with Gasteiger partial charge in [0.2, 0.25) is 5.91 Å². The maximum absolute atomic E-state index is 13.0. The molecule has 1 fully saturated rings. The first-order valence-corrected chi connectivity index (χ1v) is 9.75. The molecule has 1 atom stereocenters. The monoisotopic (exact) mass is 372 g/mol. The number of carbonyl (C=O) groups is 1. The summed E-state index contributed by atoms with van der Waals surface area (Å²) in [6.45, 7) is 7.71. The SMILES string of the molecule is CC(C)N1CC[C@H](C(=O)N2CCc3[nH]nc(-c4ccc(Cl)cc4)c3C2)C1. The molecule has 26 heavy (non-hydrogen) atoms. The van der Waals surface area contributed by atoms with Crippen molar-refractivity contribution in [2.75, 3.05) is 19.6 Å². The Bertz CT molecular complexity index is 799. The Morgan fingerprint density at radius 1 is 1.27 bits per heavy atom. The highest BCUT2D eigenvalue weighted by molar-refractivity contribution is 6.30. The Balaban J connectivity index is 1.52. The van der Waals surface area contributed by atoms with Crippen LogP contribution < -0.4 is 0 Å². The van der Waals surface area contributed by atoms with Crippen molar-refractivity contribution in [2.24, 2.45) is 5.92 Å². The first-order valence-electron chi connectivity index (χ1n) is 9.38. The van der Waals surface area contributed by atoms with Crippen LogP contribution in [0.1, 0.15) is 31.5 Å². The van der Waals surface area contributed by atoms with E-state index in [2.05, 4.69) is 28.9 Å². The van der Waals surface area contributed by atoms with Crippen LogP contribution in [-0.2, 0) is 17.8 Å². The molecule has 0 spiro atoms. The largest absolute Gasteiger partial charge is 0.338 e. The lowest BCUT2D eigenvalue weighted by Gasteiger charge is -2.30. The van der Waals surface area contributed by atoms with Crippen LogP contribution in [0.15, 0.2) is 24.3 Å². The number of rotatable bonds is 3. The zero-order valence-electron chi connectivity index (χ0n) is 15.3. The number of amides is 1. The third-order valence-corrected chi connectivity index (χ3v) is 5.91.